The number of ether oxygens (including phenoxy) is 1. The van der Waals surface area contributed by atoms with Gasteiger partial charge in [-0.25, -0.2) is 14.7 Å². The summed E-state index contributed by atoms with van der Waals surface area (Å²) in [4.78, 5) is 46.1. The first-order chi connectivity index (χ1) is 15.0. The van der Waals surface area contributed by atoms with Crippen molar-refractivity contribution in [2.24, 2.45) is 0 Å². The monoisotopic (exact) mass is 421 g/mol. The van der Waals surface area contributed by atoms with E-state index in [1.54, 1.807) is 31.4 Å². The Balaban J connectivity index is 1.33. The highest BCUT2D eigenvalue weighted by molar-refractivity contribution is 6.21. The van der Waals surface area contributed by atoms with Crippen molar-refractivity contribution in [2.75, 3.05) is 12.0 Å². The van der Waals surface area contributed by atoms with Crippen molar-refractivity contribution in [1.82, 2.24) is 20.6 Å². The van der Waals surface area contributed by atoms with Gasteiger partial charge in [0.25, 0.3) is 5.91 Å². The Labute approximate surface area is 178 Å². The maximum atomic E-state index is 12.7. The lowest BCUT2D eigenvalue weighted by Gasteiger charge is -2.14. The number of aromatic amines is 1. The van der Waals surface area contributed by atoms with E-state index in [-0.39, 0.29) is 30.7 Å². The summed E-state index contributed by atoms with van der Waals surface area (Å²) in [6, 6.07) is 12.7. The number of fused-ring (bicyclic) bond motifs is 1. The van der Waals surface area contributed by atoms with Crippen LogP contribution in [-0.4, -0.2) is 41.0 Å². The minimum Gasteiger partial charge on any atom is -0.497 e. The van der Waals surface area contributed by atoms with E-state index < -0.39 is 12.1 Å². The number of aromatic nitrogens is 2. The van der Waals surface area contributed by atoms with Gasteiger partial charge in [0.1, 0.15) is 17.6 Å². The number of nitrogens with one attached hydrogen (secondary N) is 3. The van der Waals surface area contributed by atoms with Gasteiger partial charge in [-0.2, -0.15) is 0 Å². The van der Waals surface area contributed by atoms with Gasteiger partial charge < -0.3 is 20.4 Å². The zero-order valence-corrected chi connectivity index (χ0v) is 17.2. The fourth-order valence-electron chi connectivity index (χ4n) is 3.54. The van der Waals surface area contributed by atoms with Crippen molar-refractivity contribution in [1.29, 1.82) is 0 Å². The summed E-state index contributed by atoms with van der Waals surface area (Å²) in [5.74, 6) is 0.680. The zero-order chi connectivity index (χ0) is 22.0. The lowest BCUT2D eigenvalue weighted by Crippen LogP contribution is -2.33. The summed E-state index contributed by atoms with van der Waals surface area (Å²) in [7, 11) is 1.54. The third-order valence-electron chi connectivity index (χ3n) is 5.21. The SMILES string of the molecule is COc1ccc(N2C(=O)NC(CCC(=O)NC(C)c3nc4ccccc4[nH]3)C2=O)cc1. The molecule has 2 heterocycles. The predicted molar refractivity (Wildman–Crippen MR) is 115 cm³/mol. The molecule has 3 N–H and O–H groups in total. The van der Waals surface area contributed by atoms with Crippen LogP contribution in [0.5, 0.6) is 5.75 Å². The molecule has 2 unspecified atom stereocenters. The van der Waals surface area contributed by atoms with Gasteiger partial charge in [0.05, 0.1) is 29.9 Å². The third kappa shape index (κ3) is 4.20. The normalized spacial score (nSPS) is 17.0. The number of H-pyrrole nitrogens is 1. The highest BCUT2D eigenvalue weighted by atomic mass is 16.5. The van der Waals surface area contributed by atoms with Crippen LogP contribution in [0.4, 0.5) is 10.5 Å². The van der Waals surface area contributed by atoms with Gasteiger partial charge in [0.2, 0.25) is 5.91 Å². The molecule has 1 aliphatic heterocycles. The molecule has 0 radical (unpaired) electrons. The highest BCUT2D eigenvalue weighted by Crippen LogP contribution is 2.24. The number of para-hydroxylation sites is 2. The van der Waals surface area contributed by atoms with E-state index >= 15 is 0 Å². The number of nitrogens with zero attached hydrogens (tertiary/aromatic N) is 2. The van der Waals surface area contributed by atoms with E-state index in [0.717, 1.165) is 15.9 Å². The molecular formula is C22H23N5O4. The van der Waals surface area contributed by atoms with Gasteiger partial charge >= 0.3 is 6.03 Å². The molecule has 4 rings (SSSR count). The minimum absolute atomic E-state index is 0.0949. The molecule has 160 valence electrons. The zero-order valence-electron chi connectivity index (χ0n) is 17.2. The largest absolute Gasteiger partial charge is 0.497 e. The Morgan fingerprint density at radius 1 is 1.19 bits per heavy atom. The van der Waals surface area contributed by atoms with Crippen LogP contribution in [0.25, 0.3) is 11.0 Å². The Morgan fingerprint density at radius 3 is 2.65 bits per heavy atom. The number of carbonyl (C=O) groups excluding carboxylic acids is 3. The average molecular weight is 421 g/mol. The number of hydrogen-bond acceptors (Lipinski definition) is 5. The van der Waals surface area contributed by atoms with Crippen molar-refractivity contribution in [3.05, 3.63) is 54.4 Å². The summed E-state index contributed by atoms with van der Waals surface area (Å²) >= 11 is 0. The fraction of sp³-hybridized carbons (Fsp3) is 0.273. The summed E-state index contributed by atoms with van der Waals surface area (Å²) in [5.41, 5.74) is 2.18. The summed E-state index contributed by atoms with van der Waals surface area (Å²) in [6.07, 6.45) is 0.299. The maximum Gasteiger partial charge on any atom is 0.329 e. The Kier molecular flexibility index (Phi) is 5.57. The van der Waals surface area contributed by atoms with Crippen LogP contribution < -0.4 is 20.3 Å². The first-order valence-corrected chi connectivity index (χ1v) is 9.99. The van der Waals surface area contributed by atoms with E-state index in [0.29, 0.717) is 17.3 Å². The molecule has 1 aromatic heterocycles. The number of urea groups is 1. The number of benzene rings is 2. The molecule has 1 fully saturated rings. The van der Waals surface area contributed by atoms with Crippen LogP contribution in [0.2, 0.25) is 0 Å². The minimum atomic E-state index is -0.748. The summed E-state index contributed by atoms with van der Waals surface area (Å²) < 4.78 is 5.10. The molecule has 0 aliphatic carbocycles. The molecule has 9 nitrogen and oxygen atoms in total. The molecule has 2 aromatic carbocycles. The molecule has 0 spiro atoms. The highest BCUT2D eigenvalue weighted by Gasteiger charge is 2.39. The summed E-state index contributed by atoms with van der Waals surface area (Å²) in [6.45, 7) is 1.84. The van der Waals surface area contributed by atoms with Crippen LogP contribution in [-0.2, 0) is 9.59 Å². The van der Waals surface area contributed by atoms with Gasteiger partial charge in [-0.3, -0.25) is 9.59 Å². The molecule has 4 amide bonds. The van der Waals surface area contributed by atoms with E-state index in [1.807, 2.05) is 31.2 Å². The van der Waals surface area contributed by atoms with Gasteiger partial charge in [-0.05, 0) is 49.7 Å². The number of anilines is 1. The second-order valence-electron chi connectivity index (χ2n) is 7.34. The average Bonchev–Trinajstić information content (AvgIpc) is 3.33. The lowest BCUT2D eigenvalue weighted by molar-refractivity contribution is -0.122. The number of imidazole rings is 1. The first-order valence-electron chi connectivity index (χ1n) is 9.99. The first kappa shape index (κ1) is 20.4. The molecule has 2 atom stereocenters. The van der Waals surface area contributed by atoms with Gasteiger partial charge in [0, 0.05) is 6.42 Å². The van der Waals surface area contributed by atoms with Crippen molar-refractivity contribution < 1.29 is 19.1 Å². The maximum absolute atomic E-state index is 12.7. The number of imide groups is 1. The van der Waals surface area contributed by atoms with E-state index in [2.05, 4.69) is 20.6 Å². The van der Waals surface area contributed by atoms with Gasteiger partial charge in [0.15, 0.2) is 0 Å². The lowest BCUT2D eigenvalue weighted by atomic mass is 10.1. The molecule has 31 heavy (non-hydrogen) atoms. The Morgan fingerprint density at radius 2 is 1.94 bits per heavy atom. The quantitative estimate of drug-likeness (QED) is 0.507. The molecule has 0 saturated carbocycles. The van der Waals surface area contributed by atoms with Crippen LogP contribution in [0.1, 0.15) is 31.6 Å². The second-order valence-corrected chi connectivity index (χ2v) is 7.34. The van der Waals surface area contributed by atoms with Crippen molar-refractivity contribution in [2.45, 2.75) is 31.8 Å². The van der Waals surface area contributed by atoms with Crippen LogP contribution in [0.3, 0.4) is 0 Å². The van der Waals surface area contributed by atoms with Crippen molar-refractivity contribution in [3.63, 3.8) is 0 Å². The standard InChI is InChI=1S/C22H23N5O4/c1-13(20-24-16-5-3-4-6-17(16)25-20)23-19(28)12-11-18-21(29)27(22(30)26-18)14-7-9-15(31-2)10-8-14/h3-10,13,18H,11-12H2,1-2H3,(H,23,28)(H,24,25)(H,26,30). The molecule has 9 heteroatoms. The number of amides is 4. The van der Waals surface area contributed by atoms with E-state index in [1.165, 1.54) is 0 Å². The molecule has 3 aromatic rings. The molecular weight excluding hydrogens is 398 g/mol. The van der Waals surface area contributed by atoms with Crippen molar-refractivity contribution in [3.8, 4) is 5.75 Å². The molecule has 1 aliphatic rings. The summed E-state index contributed by atoms with van der Waals surface area (Å²) in [5, 5.41) is 5.53. The molecule has 1 saturated heterocycles. The smallest absolute Gasteiger partial charge is 0.329 e. The third-order valence-corrected chi connectivity index (χ3v) is 5.21. The van der Waals surface area contributed by atoms with Gasteiger partial charge in [-0.1, -0.05) is 12.1 Å². The second kappa shape index (κ2) is 8.47. The Hall–Kier alpha value is -3.88. The van der Waals surface area contributed by atoms with E-state index in [4.69, 9.17) is 4.74 Å². The van der Waals surface area contributed by atoms with Crippen molar-refractivity contribution >= 4 is 34.6 Å². The number of carbonyl (C=O) groups is 3. The predicted octanol–water partition coefficient (Wildman–Crippen LogP) is 2.65. The topological polar surface area (TPSA) is 116 Å². The number of methoxy groups -OCH3 is 1. The van der Waals surface area contributed by atoms with Gasteiger partial charge in [-0.15, -0.1) is 0 Å². The fourth-order valence-corrected chi connectivity index (χ4v) is 3.54. The van der Waals surface area contributed by atoms with Crippen LogP contribution in [0.15, 0.2) is 48.5 Å². The molecule has 0 bridgehead atoms. The van der Waals surface area contributed by atoms with E-state index in [9.17, 15) is 14.4 Å². The number of hydrogen-bond donors (Lipinski definition) is 3. The number of rotatable bonds is 7. The van der Waals surface area contributed by atoms with Crippen LogP contribution in [0, 0.1) is 0 Å². The Bertz CT molecular complexity index is 1090. The van der Waals surface area contributed by atoms with Crippen LogP contribution >= 0.6 is 0 Å².